The molecule has 0 aliphatic heterocycles. The molecule has 0 unspecified atom stereocenters. The molecule has 144 valence electrons. The van der Waals surface area contributed by atoms with E-state index in [-0.39, 0.29) is 36.3 Å². The zero-order valence-electron chi connectivity index (χ0n) is 14.6. The van der Waals surface area contributed by atoms with E-state index < -0.39 is 12.3 Å². The number of hydrogen-bond acceptors (Lipinski definition) is 5. The lowest BCUT2D eigenvalue weighted by Gasteiger charge is -2.11. The molecule has 0 aliphatic carbocycles. The standard InChI is InChI=1S/C17H17F3N4O3/c1-3-14(25)24-16-22-10(2)7-13(23-16)15(26)21-9-11-5-4-6-12(8-11)27-17(18,19)20/h4-8H,3,9H2,1-2H3,(H,21,26)(H,22,23,24,25). The number of nitrogens with zero attached hydrogens (tertiary/aromatic N) is 2. The summed E-state index contributed by atoms with van der Waals surface area (Å²) in [5.41, 5.74) is 0.911. The Bertz CT molecular complexity index is 840. The number of anilines is 1. The van der Waals surface area contributed by atoms with Gasteiger partial charge in [-0.3, -0.25) is 14.9 Å². The summed E-state index contributed by atoms with van der Waals surface area (Å²) in [7, 11) is 0. The van der Waals surface area contributed by atoms with Crippen LogP contribution in [-0.2, 0) is 11.3 Å². The lowest BCUT2D eigenvalue weighted by molar-refractivity contribution is -0.274. The number of alkyl halides is 3. The predicted octanol–water partition coefficient (Wildman–Crippen LogP) is 2.96. The molecule has 2 amide bonds. The minimum Gasteiger partial charge on any atom is -0.406 e. The summed E-state index contributed by atoms with van der Waals surface area (Å²) in [4.78, 5) is 31.7. The number of aromatic nitrogens is 2. The first kappa shape index (κ1) is 20.1. The average Bonchev–Trinajstić information content (AvgIpc) is 2.57. The van der Waals surface area contributed by atoms with Gasteiger partial charge in [0.25, 0.3) is 5.91 Å². The molecule has 27 heavy (non-hydrogen) atoms. The normalized spacial score (nSPS) is 11.0. The van der Waals surface area contributed by atoms with Crippen LogP contribution < -0.4 is 15.4 Å². The van der Waals surface area contributed by atoms with E-state index in [0.29, 0.717) is 11.3 Å². The highest BCUT2D eigenvalue weighted by Crippen LogP contribution is 2.23. The van der Waals surface area contributed by atoms with Crippen molar-refractivity contribution in [1.29, 1.82) is 0 Å². The van der Waals surface area contributed by atoms with Crippen LogP contribution in [0, 0.1) is 6.92 Å². The number of hydrogen-bond donors (Lipinski definition) is 2. The molecule has 0 saturated heterocycles. The lowest BCUT2D eigenvalue weighted by atomic mass is 10.2. The summed E-state index contributed by atoms with van der Waals surface area (Å²) in [6.45, 7) is 3.26. The molecule has 1 aromatic heterocycles. The molecule has 0 bridgehead atoms. The van der Waals surface area contributed by atoms with Gasteiger partial charge in [0.2, 0.25) is 11.9 Å². The van der Waals surface area contributed by atoms with E-state index in [9.17, 15) is 22.8 Å². The minimum absolute atomic E-state index is 0.00701. The molecular weight excluding hydrogens is 365 g/mol. The van der Waals surface area contributed by atoms with Crippen LogP contribution in [-0.4, -0.2) is 28.1 Å². The molecule has 1 aromatic carbocycles. The molecule has 0 aliphatic rings. The van der Waals surface area contributed by atoms with Crippen molar-refractivity contribution in [2.24, 2.45) is 0 Å². The molecule has 2 aromatic rings. The summed E-state index contributed by atoms with van der Waals surface area (Å²) in [6, 6.07) is 6.69. The smallest absolute Gasteiger partial charge is 0.406 e. The minimum atomic E-state index is -4.79. The van der Waals surface area contributed by atoms with Gasteiger partial charge in [0.05, 0.1) is 0 Å². The van der Waals surface area contributed by atoms with E-state index in [4.69, 9.17) is 0 Å². The maximum Gasteiger partial charge on any atom is 0.573 e. The van der Waals surface area contributed by atoms with Gasteiger partial charge in [-0.15, -0.1) is 13.2 Å². The molecule has 0 atom stereocenters. The Morgan fingerprint density at radius 2 is 1.93 bits per heavy atom. The van der Waals surface area contributed by atoms with Gasteiger partial charge >= 0.3 is 6.36 Å². The van der Waals surface area contributed by atoms with Crippen LogP contribution in [0.3, 0.4) is 0 Å². The number of rotatable bonds is 6. The van der Waals surface area contributed by atoms with E-state index in [1.807, 2.05) is 0 Å². The summed E-state index contributed by atoms with van der Waals surface area (Å²) < 4.78 is 40.6. The third kappa shape index (κ3) is 6.57. The van der Waals surface area contributed by atoms with E-state index >= 15 is 0 Å². The van der Waals surface area contributed by atoms with Crippen LogP contribution in [0.25, 0.3) is 0 Å². The van der Waals surface area contributed by atoms with Crippen molar-refractivity contribution in [3.05, 3.63) is 47.3 Å². The van der Waals surface area contributed by atoms with Crippen LogP contribution in [0.5, 0.6) is 5.75 Å². The Kier molecular flexibility index (Phi) is 6.32. The molecule has 0 saturated carbocycles. The first-order chi connectivity index (χ1) is 12.7. The molecule has 2 N–H and O–H groups in total. The number of halogens is 3. The van der Waals surface area contributed by atoms with Crippen LogP contribution in [0.2, 0.25) is 0 Å². The average molecular weight is 382 g/mol. The largest absolute Gasteiger partial charge is 0.573 e. The first-order valence-corrected chi connectivity index (χ1v) is 7.94. The van der Waals surface area contributed by atoms with Crippen molar-refractivity contribution < 1.29 is 27.5 Å². The number of amides is 2. The Hall–Kier alpha value is -3.17. The highest BCUT2D eigenvalue weighted by atomic mass is 19.4. The zero-order valence-corrected chi connectivity index (χ0v) is 14.6. The van der Waals surface area contributed by atoms with Gasteiger partial charge in [0, 0.05) is 18.7 Å². The van der Waals surface area contributed by atoms with Crippen molar-refractivity contribution in [2.75, 3.05) is 5.32 Å². The van der Waals surface area contributed by atoms with Gasteiger partial charge in [-0.05, 0) is 30.7 Å². The molecule has 10 heteroatoms. The number of ether oxygens (including phenoxy) is 1. The number of nitrogens with one attached hydrogen (secondary N) is 2. The third-order valence-corrected chi connectivity index (χ3v) is 3.24. The topological polar surface area (TPSA) is 93.2 Å². The third-order valence-electron chi connectivity index (χ3n) is 3.24. The fourth-order valence-electron chi connectivity index (χ4n) is 2.08. The van der Waals surface area contributed by atoms with Gasteiger partial charge in [-0.1, -0.05) is 19.1 Å². The highest BCUT2D eigenvalue weighted by molar-refractivity contribution is 5.93. The Morgan fingerprint density at radius 1 is 1.19 bits per heavy atom. The quantitative estimate of drug-likeness (QED) is 0.801. The number of carbonyl (C=O) groups is 2. The van der Waals surface area contributed by atoms with Gasteiger partial charge in [0.15, 0.2) is 0 Å². The van der Waals surface area contributed by atoms with E-state index in [1.54, 1.807) is 19.9 Å². The van der Waals surface area contributed by atoms with E-state index in [0.717, 1.165) is 6.07 Å². The van der Waals surface area contributed by atoms with Crippen molar-refractivity contribution in [2.45, 2.75) is 33.2 Å². The molecule has 1 heterocycles. The van der Waals surface area contributed by atoms with Crippen molar-refractivity contribution in [3.63, 3.8) is 0 Å². The van der Waals surface area contributed by atoms with Crippen molar-refractivity contribution in [3.8, 4) is 5.75 Å². The highest BCUT2D eigenvalue weighted by Gasteiger charge is 2.31. The molecule has 7 nitrogen and oxygen atoms in total. The van der Waals surface area contributed by atoms with Crippen LogP contribution in [0.15, 0.2) is 30.3 Å². The number of carbonyl (C=O) groups excluding carboxylic acids is 2. The van der Waals surface area contributed by atoms with Gasteiger partial charge < -0.3 is 10.1 Å². The van der Waals surface area contributed by atoms with Gasteiger partial charge in [-0.2, -0.15) is 0 Å². The van der Waals surface area contributed by atoms with E-state index in [2.05, 4.69) is 25.3 Å². The molecule has 2 rings (SSSR count). The zero-order chi connectivity index (χ0) is 20.0. The van der Waals surface area contributed by atoms with Crippen LogP contribution in [0.4, 0.5) is 19.1 Å². The summed E-state index contributed by atoms with van der Waals surface area (Å²) in [5, 5.41) is 5.01. The first-order valence-electron chi connectivity index (χ1n) is 7.94. The second-order valence-corrected chi connectivity index (χ2v) is 5.50. The lowest BCUT2D eigenvalue weighted by Crippen LogP contribution is -2.25. The van der Waals surface area contributed by atoms with Gasteiger partial charge in [0.1, 0.15) is 11.4 Å². The molecule has 0 radical (unpaired) electrons. The molecular formula is C17H17F3N4O3. The summed E-state index contributed by atoms with van der Waals surface area (Å²) >= 11 is 0. The summed E-state index contributed by atoms with van der Waals surface area (Å²) in [6.07, 6.45) is -4.56. The van der Waals surface area contributed by atoms with E-state index in [1.165, 1.54) is 18.2 Å². The SMILES string of the molecule is CCC(=O)Nc1nc(C)cc(C(=O)NCc2cccc(OC(F)(F)F)c2)n1. The monoisotopic (exact) mass is 382 g/mol. The Labute approximate surface area is 153 Å². The summed E-state index contributed by atoms with van der Waals surface area (Å²) in [5.74, 6) is -1.23. The second kappa shape index (κ2) is 8.47. The van der Waals surface area contributed by atoms with Gasteiger partial charge in [-0.25, -0.2) is 9.97 Å². The Balaban J connectivity index is 2.05. The fraction of sp³-hybridized carbons (Fsp3) is 0.294. The fourth-order valence-corrected chi connectivity index (χ4v) is 2.08. The van der Waals surface area contributed by atoms with Crippen molar-refractivity contribution in [1.82, 2.24) is 15.3 Å². The van der Waals surface area contributed by atoms with Crippen LogP contribution >= 0.6 is 0 Å². The molecule has 0 fully saturated rings. The number of aryl methyl sites for hydroxylation is 1. The maximum absolute atomic E-state index is 12.3. The Morgan fingerprint density at radius 3 is 2.59 bits per heavy atom. The maximum atomic E-state index is 12.3. The van der Waals surface area contributed by atoms with Crippen molar-refractivity contribution >= 4 is 17.8 Å². The second-order valence-electron chi connectivity index (χ2n) is 5.50. The van der Waals surface area contributed by atoms with Crippen LogP contribution in [0.1, 0.15) is 35.1 Å². The predicted molar refractivity (Wildman–Crippen MR) is 90.0 cm³/mol. The molecule has 0 spiro atoms. The number of benzene rings is 1.